The monoisotopic (exact) mass is 873 g/mol. The molecule has 13 heteroatoms. The summed E-state index contributed by atoms with van der Waals surface area (Å²) >= 11 is 0. The normalized spacial score (nSPS) is 23.2. The summed E-state index contributed by atoms with van der Waals surface area (Å²) in [6.45, 7) is 3.01. The van der Waals surface area contributed by atoms with Gasteiger partial charge in [0.15, 0.2) is 29.4 Å². The molecule has 348 valence electrons. The lowest BCUT2D eigenvalue weighted by Gasteiger charge is -2.32. The molecule has 4 aliphatic rings. The quantitative estimate of drug-likeness (QED) is 0.0394. The first-order valence-corrected chi connectivity index (χ1v) is 23.8. The van der Waals surface area contributed by atoms with Crippen molar-refractivity contribution in [2.45, 2.75) is 153 Å². The number of unbranched alkanes of at least 4 members (excludes halogenated alkanes) is 3. The Hall–Kier alpha value is -3.82. The molecule has 0 radical (unpaired) electrons. The Morgan fingerprint density at radius 1 is 0.968 bits per heavy atom. The number of phenols is 1. The number of nitrogens with zero attached hydrogens (tertiary/aromatic N) is 2. The van der Waals surface area contributed by atoms with Crippen molar-refractivity contribution in [2.24, 2.45) is 28.5 Å². The highest BCUT2D eigenvalue weighted by molar-refractivity contribution is 6.04. The van der Waals surface area contributed by atoms with E-state index in [-0.39, 0.29) is 49.2 Å². The Kier molecular flexibility index (Phi) is 18.9. The van der Waals surface area contributed by atoms with E-state index in [9.17, 15) is 25.5 Å². The van der Waals surface area contributed by atoms with Crippen molar-refractivity contribution in [3.8, 4) is 11.5 Å². The maximum Gasteiger partial charge on any atom is 0.189 e. The number of likely N-dealkylation sites (N-methyl/N-ethyl adjacent to an activating group) is 1. The van der Waals surface area contributed by atoms with Crippen LogP contribution in [0.4, 0.5) is 5.82 Å². The van der Waals surface area contributed by atoms with Gasteiger partial charge in [-0.05, 0) is 119 Å². The summed E-state index contributed by atoms with van der Waals surface area (Å²) < 4.78 is 12.4. The second-order valence-electron chi connectivity index (χ2n) is 18.6. The minimum absolute atomic E-state index is 0.0103. The number of anilines is 1. The molecule has 9 atom stereocenters. The van der Waals surface area contributed by atoms with Gasteiger partial charge < -0.3 is 57.1 Å². The van der Waals surface area contributed by atoms with Crippen LogP contribution in [-0.4, -0.2) is 106 Å². The van der Waals surface area contributed by atoms with Crippen molar-refractivity contribution >= 4 is 11.5 Å². The summed E-state index contributed by atoms with van der Waals surface area (Å²) in [5.41, 5.74) is 16.4. The molecule has 2 saturated carbocycles. The van der Waals surface area contributed by atoms with Crippen molar-refractivity contribution < 1.29 is 35.0 Å². The molecule has 2 aliphatic heterocycles. The van der Waals surface area contributed by atoms with E-state index in [0.29, 0.717) is 61.7 Å². The molecule has 3 heterocycles. The van der Waals surface area contributed by atoms with Gasteiger partial charge in [0.05, 0.1) is 24.2 Å². The average molecular weight is 873 g/mol. The minimum Gasteiger partial charge on any atom is -0.592 e. The highest BCUT2D eigenvalue weighted by Gasteiger charge is 2.50. The smallest absolute Gasteiger partial charge is 0.189 e. The molecule has 2 aliphatic carbocycles. The molecule has 0 bridgehead atoms. The number of phenolic OH excluding ortho intramolecular Hbond substituents is 1. The summed E-state index contributed by atoms with van der Waals surface area (Å²) in [5, 5.41) is 59.7. The number of nitrogens with one attached hydrogen (secondary N) is 2. The number of ether oxygens (including phenoxy) is 2. The van der Waals surface area contributed by atoms with Gasteiger partial charge in [-0.1, -0.05) is 56.8 Å². The van der Waals surface area contributed by atoms with Gasteiger partial charge in [-0.15, -0.1) is 4.99 Å². The Bertz CT molecular complexity index is 1810. The van der Waals surface area contributed by atoms with E-state index in [4.69, 9.17) is 25.9 Å². The Balaban J connectivity index is 0.906. The van der Waals surface area contributed by atoms with Crippen LogP contribution in [0, 0.1) is 29.7 Å². The van der Waals surface area contributed by atoms with E-state index in [1.165, 1.54) is 24.8 Å². The maximum absolute atomic E-state index is 11.4. The second-order valence-corrected chi connectivity index (χ2v) is 18.6. The van der Waals surface area contributed by atoms with Crippen LogP contribution in [0.25, 0.3) is 0 Å². The summed E-state index contributed by atoms with van der Waals surface area (Å²) in [4.78, 5) is 9.01. The minimum atomic E-state index is -0.965. The number of nitrogens with two attached hydrogens (primary N) is 2. The lowest BCUT2D eigenvalue weighted by atomic mass is 9.75. The van der Waals surface area contributed by atoms with E-state index < -0.39 is 12.2 Å². The summed E-state index contributed by atoms with van der Waals surface area (Å²) in [7, 11) is 1.97. The standard InChI is InChI=1S/C50H76N6O7/c1-32(58)28-55-44(29-53-2)50-40-10-7-8-35(40)15-20-42-41(50)27-43(56-42)46(61)31-62-48-24-33(14-21-45(48)60)13-19-39-26-36(30-57)47(63-39)11-6-4-3-5-9-37(51)16-18-38(59)17-12-34-22-23-54-49(52)25-34/h14,21-27,32,35,37-38,40,44,46-47,50,53,55,57-61H,3-13,15-20,28-31,51H2,1-2H3,(H2,52,54)/t32-,35+,37-,38+,40-,44-,46-,47?,50-/m0/s1. The topological polar surface area (TPSA) is 221 Å². The number of aromatic hydroxyl groups is 1. The highest BCUT2D eigenvalue weighted by Crippen LogP contribution is 2.49. The number of benzene rings is 1. The third-order valence-corrected chi connectivity index (χ3v) is 13.7. The first kappa shape index (κ1) is 48.6. The van der Waals surface area contributed by atoms with Crippen LogP contribution in [-0.2, 0) is 17.6 Å². The maximum atomic E-state index is 11.4. The van der Waals surface area contributed by atoms with Crippen LogP contribution in [0.2, 0.25) is 0 Å². The van der Waals surface area contributed by atoms with Crippen LogP contribution in [0.15, 0.2) is 65.0 Å². The van der Waals surface area contributed by atoms with Gasteiger partial charge >= 0.3 is 0 Å². The van der Waals surface area contributed by atoms with Crippen LogP contribution in [0.5, 0.6) is 11.5 Å². The van der Waals surface area contributed by atoms with E-state index in [2.05, 4.69) is 21.7 Å². The Morgan fingerprint density at radius 3 is 2.59 bits per heavy atom. The predicted octanol–water partition coefficient (Wildman–Crippen LogP) is 5.63. The predicted molar refractivity (Wildman–Crippen MR) is 249 cm³/mol. The molecule has 2 fully saturated rings. The van der Waals surface area contributed by atoms with E-state index in [1.807, 2.05) is 44.3 Å². The van der Waals surface area contributed by atoms with Crippen molar-refractivity contribution in [1.29, 1.82) is 0 Å². The number of aromatic nitrogens is 1. The van der Waals surface area contributed by atoms with E-state index in [1.54, 1.807) is 12.3 Å². The van der Waals surface area contributed by atoms with Gasteiger partial charge in [0.2, 0.25) is 0 Å². The number of allylic oxidation sites excluding steroid dienone is 1. The number of aliphatic hydroxyl groups excluding tert-OH is 4. The van der Waals surface area contributed by atoms with Gasteiger partial charge in [0, 0.05) is 50.5 Å². The number of aliphatic hydroxyl groups is 4. The number of hydrogen-bond donors (Lipinski definition) is 9. The molecule has 6 rings (SSSR count). The van der Waals surface area contributed by atoms with Crippen molar-refractivity contribution in [2.75, 3.05) is 39.1 Å². The zero-order valence-corrected chi connectivity index (χ0v) is 37.8. The zero-order valence-electron chi connectivity index (χ0n) is 37.8. The third-order valence-electron chi connectivity index (χ3n) is 13.7. The summed E-state index contributed by atoms with van der Waals surface area (Å²) in [6.07, 6.45) is 19.7. The van der Waals surface area contributed by atoms with Gasteiger partial charge in [0.1, 0.15) is 18.0 Å². The fourth-order valence-corrected chi connectivity index (χ4v) is 10.2. The van der Waals surface area contributed by atoms with E-state index in [0.717, 1.165) is 99.3 Å². The molecule has 1 unspecified atom stereocenters. The Morgan fingerprint density at radius 2 is 1.79 bits per heavy atom. The highest BCUT2D eigenvalue weighted by atomic mass is 16.5. The SMILES string of the molecule is CNC[C@H](NC[C@H](C)O)[C@@H]1C2=C[C+]([C@@H](O)COc3cc(CCC4=C[C-](CO)C(CCCCCC[C@H](N)CC[C@H](O)CCc5ccnc(N)c5)O4)ccc3O)N=C2CC[C@H]2CCC[C@@H]21. The van der Waals surface area contributed by atoms with Gasteiger partial charge in [0.25, 0.3) is 0 Å². The van der Waals surface area contributed by atoms with Crippen molar-refractivity contribution in [1.82, 2.24) is 15.6 Å². The molecule has 2 aromatic rings. The van der Waals surface area contributed by atoms with Crippen LogP contribution < -0.4 is 26.8 Å². The third kappa shape index (κ3) is 14.3. The van der Waals surface area contributed by atoms with Crippen LogP contribution >= 0.6 is 0 Å². The van der Waals surface area contributed by atoms with Gasteiger partial charge in [-0.3, -0.25) is 0 Å². The number of hydrogen-bond acceptors (Lipinski definition) is 13. The second kappa shape index (κ2) is 24.5. The molecule has 1 aromatic carbocycles. The molecule has 1 aromatic heterocycles. The first-order chi connectivity index (χ1) is 30.5. The molecular formula is C50H76N6O7. The molecule has 13 nitrogen and oxygen atoms in total. The molecule has 0 spiro atoms. The average Bonchev–Trinajstić information content (AvgIpc) is 4.01. The number of rotatable bonds is 27. The number of aryl methyl sites for hydroxylation is 2. The molecule has 11 N–H and O–H groups in total. The van der Waals surface area contributed by atoms with Crippen LogP contribution in [0.3, 0.4) is 0 Å². The summed E-state index contributed by atoms with van der Waals surface area (Å²) in [5.74, 6) is 3.99. The fraction of sp³-hybridized carbons (Fsp3) is 0.640. The molecule has 0 amide bonds. The number of fused-ring (bicyclic) bond motifs is 2. The summed E-state index contributed by atoms with van der Waals surface area (Å²) in [6, 6.07) is 9.91. The fourth-order valence-electron chi connectivity index (χ4n) is 10.2. The van der Waals surface area contributed by atoms with Crippen LogP contribution in [0.1, 0.15) is 114 Å². The lowest BCUT2D eigenvalue weighted by molar-refractivity contribution is 0.120. The largest absolute Gasteiger partial charge is 0.592 e. The number of pyridine rings is 1. The van der Waals surface area contributed by atoms with Gasteiger partial charge in [-0.25, -0.2) is 4.98 Å². The number of nitrogen functional groups attached to an aromatic ring is 1. The van der Waals surface area contributed by atoms with Crippen molar-refractivity contribution in [3.63, 3.8) is 0 Å². The molecule has 63 heavy (non-hydrogen) atoms. The van der Waals surface area contributed by atoms with E-state index >= 15 is 0 Å². The van der Waals surface area contributed by atoms with Gasteiger partial charge in [-0.2, -0.15) is 12.0 Å². The first-order valence-electron chi connectivity index (χ1n) is 23.8. The zero-order chi connectivity index (χ0) is 44.7. The van der Waals surface area contributed by atoms with Crippen molar-refractivity contribution in [3.05, 3.63) is 83.1 Å². The molecular weight excluding hydrogens is 797 g/mol. The molecule has 0 saturated heterocycles. The lowest BCUT2D eigenvalue weighted by Crippen LogP contribution is -2.49. The Labute approximate surface area is 375 Å². The number of aliphatic imine (C=N–C) groups is 1.